The van der Waals surface area contributed by atoms with Gasteiger partial charge in [-0.2, -0.15) is 4.98 Å². The van der Waals surface area contributed by atoms with Crippen molar-refractivity contribution in [2.24, 2.45) is 5.92 Å². The van der Waals surface area contributed by atoms with Gasteiger partial charge in [0.1, 0.15) is 17.3 Å². The summed E-state index contributed by atoms with van der Waals surface area (Å²) < 4.78 is 41.7. The molecule has 5 nitrogen and oxygen atoms in total. The van der Waals surface area contributed by atoms with Crippen LogP contribution < -0.4 is 10.6 Å². The predicted octanol–water partition coefficient (Wildman–Crippen LogP) is 4.73. The summed E-state index contributed by atoms with van der Waals surface area (Å²) >= 11 is 0. The Kier molecular flexibility index (Phi) is 6.33. The Hall–Kier alpha value is -3.13. The largest absolute Gasteiger partial charge is 0.394 e. The standard InChI is InChI=1S/C21H21F3N4O/c1-12(2)17(11-29)26-21-25-16(13-6-4-3-5-7-13)10-18(28-21)27-20-15(23)9-8-14(22)19(20)24/h3-10,12,17,29H,11H2,1-2H3,(H2,25,26,27,28)/t17-/m1/s1. The van der Waals surface area contributed by atoms with Crippen molar-refractivity contribution in [3.05, 3.63) is 66.0 Å². The van der Waals surface area contributed by atoms with Crippen LogP contribution in [-0.4, -0.2) is 27.7 Å². The van der Waals surface area contributed by atoms with Crippen LogP contribution in [0.4, 0.5) is 30.6 Å². The number of anilines is 3. The van der Waals surface area contributed by atoms with Crippen molar-refractivity contribution < 1.29 is 18.3 Å². The Morgan fingerprint density at radius 1 is 0.966 bits per heavy atom. The molecule has 0 saturated carbocycles. The van der Waals surface area contributed by atoms with E-state index in [0.717, 1.165) is 11.6 Å². The summed E-state index contributed by atoms with van der Waals surface area (Å²) in [7, 11) is 0. The van der Waals surface area contributed by atoms with Crippen LogP contribution in [0.3, 0.4) is 0 Å². The summed E-state index contributed by atoms with van der Waals surface area (Å²) in [5.74, 6) is -3.14. The van der Waals surface area contributed by atoms with Gasteiger partial charge in [0.15, 0.2) is 11.6 Å². The van der Waals surface area contributed by atoms with Gasteiger partial charge in [-0.05, 0) is 18.1 Å². The van der Waals surface area contributed by atoms with Gasteiger partial charge in [-0.25, -0.2) is 18.2 Å². The lowest BCUT2D eigenvalue weighted by atomic mass is 10.1. The summed E-state index contributed by atoms with van der Waals surface area (Å²) in [5, 5.41) is 15.1. The first kappa shape index (κ1) is 20.6. The second kappa shape index (κ2) is 8.91. The SMILES string of the molecule is CC(C)[C@@H](CO)Nc1nc(Nc2c(F)ccc(F)c2F)cc(-c2ccccc2)n1. The second-order valence-corrected chi connectivity index (χ2v) is 6.85. The fourth-order valence-electron chi connectivity index (χ4n) is 2.69. The maximum absolute atomic E-state index is 14.1. The van der Waals surface area contributed by atoms with Gasteiger partial charge in [-0.1, -0.05) is 44.2 Å². The monoisotopic (exact) mass is 402 g/mol. The van der Waals surface area contributed by atoms with Crippen molar-refractivity contribution in [3.8, 4) is 11.3 Å². The first-order valence-electron chi connectivity index (χ1n) is 9.11. The van der Waals surface area contributed by atoms with E-state index in [1.807, 2.05) is 44.2 Å². The van der Waals surface area contributed by atoms with Crippen LogP contribution in [0.2, 0.25) is 0 Å². The van der Waals surface area contributed by atoms with Gasteiger partial charge < -0.3 is 15.7 Å². The van der Waals surface area contributed by atoms with E-state index in [9.17, 15) is 18.3 Å². The van der Waals surface area contributed by atoms with Gasteiger partial charge in [0.05, 0.1) is 18.3 Å². The molecule has 3 rings (SSSR count). The van der Waals surface area contributed by atoms with Crippen LogP contribution in [0.25, 0.3) is 11.3 Å². The lowest BCUT2D eigenvalue weighted by molar-refractivity contribution is 0.248. The topological polar surface area (TPSA) is 70.1 Å². The van der Waals surface area contributed by atoms with Crippen molar-refractivity contribution in [2.45, 2.75) is 19.9 Å². The maximum Gasteiger partial charge on any atom is 0.225 e. The predicted molar refractivity (Wildman–Crippen MR) is 106 cm³/mol. The average molecular weight is 402 g/mol. The number of halogens is 3. The van der Waals surface area contributed by atoms with Crippen LogP contribution >= 0.6 is 0 Å². The highest BCUT2D eigenvalue weighted by molar-refractivity contribution is 5.67. The third-order valence-corrected chi connectivity index (χ3v) is 4.41. The number of nitrogens with one attached hydrogen (secondary N) is 2. The van der Waals surface area contributed by atoms with Crippen molar-refractivity contribution in [2.75, 3.05) is 17.2 Å². The molecule has 1 atom stereocenters. The van der Waals surface area contributed by atoms with E-state index in [4.69, 9.17) is 0 Å². The molecule has 0 unspecified atom stereocenters. The van der Waals surface area contributed by atoms with Gasteiger partial charge in [-0.15, -0.1) is 0 Å². The maximum atomic E-state index is 14.1. The summed E-state index contributed by atoms with van der Waals surface area (Å²) in [6.07, 6.45) is 0. The minimum Gasteiger partial charge on any atom is -0.394 e. The van der Waals surface area contributed by atoms with Crippen molar-refractivity contribution >= 4 is 17.5 Å². The third-order valence-electron chi connectivity index (χ3n) is 4.41. The molecule has 0 fully saturated rings. The number of hydrogen-bond donors (Lipinski definition) is 3. The Balaban J connectivity index is 2.04. The van der Waals surface area contributed by atoms with Gasteiger partial charge in [0.2, 0.25) is 5.95 Å². The average Bonchev–Trinajstić information content (AvgIpc) is 2.72. The molecule has 8 heteroatoms. The van der Waals surface area contributed by atoms with Gasteiger partial charge >= 0.3 is 0 Å². The molecular weight excluding hydrogens is 381 g/mol. The van der Waals surface area contributed by atoms with E-state index in [1.54, 1.807) is 0 Å². The van der Waals surface area contributed by atoms with E-state index in [1.165, 1.54) is 6.07 Å². The zero-order chi connectivity index (χ0) is 21.0. The van der Waals surface area contributed by atoms with Gasteiger partial charge in [-0.3, -0.25) is 0 Å². The molecule has 0 saturated heterocycles. The van der Waals surface area contributed by atoms with E-state index < -0.39 is 23.1 Å². The quantitative estimate of drug-likeness (QED) is 0.499. The van der Waals surface area contributed by atoms with Crippen molar-refractivity contribution in [1.82, 2.24) is 9.97 Å². The molecule has 3 aromatic rings. The smallest absolute Gasteiger partial charge is 0.225 e. The zero-order valence-corrected chi connectivity index (χ0v) is 16.0. The second-order valence-electron chi connectivity index (χ2n) is 6.85. The first-order valence-corrected chi connectivity index (χ1v) is 9.11. The molecule has 0 aliphatic carbocycles. The Morgan fingerprint density at radius 2 is 1.66 bits per heavy atom. The fourth-order valence-corrected chi connectivity index (χ4v) is 2.69. The molecule has 1 heterocycles. The van der Waals surface area contributed by atoms with Crippen LogP contribution in [0.15, 0.2) is 48.5 Å². The molecule has 29 heavy (non-hydrogen) atoms. The lowest BCUT2D eigenvalue weighted by Gasteiger charge is -2.21. The number of aliphatic hydroxyl groups excluding tert-OH is 1. The minimum atomic E-state index is -1.34. The van der Waals surface area contributed by atoms with Crippen molar-refractivity contribution in [3.63, 3.8) is 0 Å². The van der Waals surface area contributed by atoms with E-state index >= 15 is 0 Å². The highest BCUT2D eigenvalue weighted by Crippen LogP contribution is 2.28. The molecule has 0 radical (unpaired) electrons. The molecule has 3 N–H and O–H groups in total. The fraction of sp³-hybridized carbons (Fsp3) is 0.238. The number of aliphatic hydroxyl groups is 1. The summed E-state index contributed by atoms with van der Waals surface area (Å²) in [5.41, 5.74) is 0.603. The van der Waals surface area contributed by atoms with Gasteiger partial charge in [0, 0.05) is 11.6 Å². The summed E-state index contributed by atoms with van der Waals surface area (Å²) in [4.78, 5) is 8.68. The van der Waals surface area contributed by atoms with E-state index in [0.29, 0.717) is 11.8 Å². The summed E-state index contributed by atoms with van der Waals surface area (Å²) in [6, 6.07) is 11.9. The Labute approximate surface area is 166 Å². The van der Waals surface area contributed by atoms with Crippen LogP contribution in [0.5, 0.6) is 0 Å². The molecule has 152 valence electrons. The molecule has 0 aliphatic heterocycles. The lowest BCUT2D eigenvalue weighted by Crippen LogP contribution is -2.30. The van der Waals surface area contributed by atoms with E-state index in [2.05, 4.69) is 20.6 Å². The zero-order valence-electron chi connectivity index (χ0n) is 16.0. The number of benzene rings is 2. The Morgan fingerprint density at radius 3 is 2.31 bits per heavy atom. The van der Waals surface area contributed by atoms with Gasteiger partial charge in [0.25, 0.3) is 0 Å². The highest BCUT2D eigenvalue weighted by Gasteiger charge is 2.18. The highest BCUT2D eigenvalue weighted by atomic mass is 19.2. The number of nitrogens with zero attached hydrogens (tertiary/aromatic N) is 2. The number of hydrogen-bond acceptors (Lipinski definition) is 5. The number of aromatic nitrogens is 2. The first-order chi connectivity index (χ1) is 13.9. The minimum absolute atomic E-state index is 0.0743. The molecule has 0 bridgehead atoms. The van der Waals surface area contributed by atoms with Crippen LogP contribution in [0.1, 0.15) is 13.8 Å². The molecule has 2 aromatic carbocycles. The van der Waals surface area contributed by atoms with Crippen LogP contribution in [0, 0.1) is 23.4 Å². The number of rotatable bonds is 7. The molecule has 0 spiro atoms. The van der Waals surface area contributed by atoms with E-state index in [-0.39, 0.29) is 30.3 Å². The van der Waals surface area contributed by atoms with Crippen LogP contribution in [-0.2, 0) is 0 Å². The summed E-state index contributed by atoms with van der Waals surface area (Å²) in [6.45, 7) is 3.70. The third kappa shape index (κ3) is 4.83. The normalized spacial score (nSPS) is 12.1. The molecule has 1 aromatic heterocycles. The molecule has 0 amide bonds. The Bertz CT molecular complexity index is 983. The molecular formula is C21H21F3N4O. The molecule has 0 aliphatic rings. The van der Waals surface area contributed by atoms with Crippen molar-refractivity contribution in [1.29, 1.82) is 0 Å².